The van der Waals surface area contributed by atoms with Crippen molar-refractivity contribution in [2.24, 2.45) is 0 Å². The van der Waals surface area contributed by atoms with Crippen molar-refractivity contribution >= 4 is 40.1 Å². The zero-order valence-corrected chi connectivity index (χ0v) is 10.9. The maximum absolute atomic E-state index is 11.7. The highest BCUT2D eigenvalue weighted by Crippen LogP contribution is 2.26. The van der Waals surface area contributed by atoms with Crippen molar-refractivity contribution in [3.63, 3.8) is 0 Å². The fourth-order valence-corrected chi connectivity index (χ4v) is 2.30. The van der Waals surface area contributed by atoms with Crippen molar-refractivity contribution in [1.29, 1.82) is 0 Å². The van der Waals surface area contributed by atoms with Crippen LogP contribution in [0.15, 0.2) is 16.9 Å². The van der Waals surface area contributed by atoms with Crippen LogP contribution in [-0.4, -0.2) is 16.1 Å². The van der Waals surface area contributed by atoms with Crippen LogP contribution in [-0.2, 0) is 5.88 Å². The number of hydrogen-bond acceptors (Lipinski definition) is 2. The third-order valence-electron chi connectivity index (χ3n) is 2.75. The molecule has 0 aliphatic rings. The van der Waals surface area contributed by atoms with Crippen LogP contribution in [0.5, 0.6) is 0 Å². The number of carboxylic acid groups (broad SMARTS) is 1. The molecule has 2 N–H and O–H groups in total. The van der Waals surface area contributed by atoms with E-state index in [1.54, 1.807) is 19.1 Å². The van der Waals surface area contributed by atoms with Gasteiger partial charge in [0.1, 0.15) is 5.56 Å². The van der Waals surface area contributed by atoms with Crippen LogP contribution in [0.1, 0.15) is 21.5 Å². The van der Waals surface area contributed by atoms with Crippen molar-refractivity contribution in [3.8, 4) is 0 Å². The molecule has 1 heterocycles. The second-order valence-electron chi connectivity index (χ2n) is 3.89. The smallest absolute Gasteiger partial charge is 0.341 e. The second-order valence-corrected chi connectivity index (χ2v) is 4.57. The molecule has 0 saturated carbocycles. The van der Waals surface area contributed by atoms with E-state index in [9.17, 15) is 9.59 Å². The van der Waals surface area contributed by atoms with Crippen LogP contribution in [0.25, 0.3) is 10.9 Å². The van der Waals surface area contributed by atoms with Gasteiger partial charge in [-0.15, -0.1) is 11.6 Å². The lowest BCUT2D eigenvalue weighted by Crippen LogP contribution is -2.20. The van der Waals surface area contributed by atoms with Crippen LogP contribution >= 0.6 is 23.2 Å². The van der Waals surface area contributed by atoms with Gasteiger partial charge in [-0.25, -0.2) is 4.79 Å². The maximum Gasteiger partial charge on any atom is 0.341 e. The summed E-state index contributed by atoms with van der Waals surface area (Å²) < 4.78 is 0. The summed E-state index contributed by atoms with van der Waals surface area (Å²) >= 11 is 11.7. The molecule has 4 nitrogen and oxygen atoms in total. The number of pyridine rings is 1. The number of alkyl halides is 1. The summed E-state index contributed by atoms with van der Waals surface area (Å²) in [6.07, 6.45) is 0. The van der Waals surface area contributed by atoms with Crippen molar-refractivity contribution < 1.29 is 9.90 Å². The number of carboxylic acids is 1. The molecule has 2 rings (SSSR count). The van der Waals surface area contributed by atoms with E-state index >= 15 is 0 Å². The van der Waals surface area contributed by atoms with Crippen LogP contribution in [0.4, 0.5) is 0 Å². The molecule has 2 aromatic rings. The van der Waals surface area contributed by atoms with Gasteiger partial charge in [-0.1, -0.05) is 11.6 Å². The summed E-state index contributed by atoms with van der Waals surface area (Å²) in [6.45, 7) is 1.80. The summed E-state index contributed by atoms with van der Waals surface area (Å²) in [7, 11) is 0. The van der Waals surface area contributed by atoms with Gasteiger partial charge < -0.3 is 10.1 Å². The largest absolute Gasteiger partial charge is 0.477 e. The van der Waals surface area contributed by atoms with Gasteiger partial charge in [0.2, 0.25) is 0 Å². The van der Waals surface area contributed by atoms with Gasteiger partial charge in [0.25, 0.3) is 5.56 Å². The van der Waals surface area contributed by atoms with E-state index in [0.29, 0.717) is 21.5 Å². The van der Waals surface area contributed by atoms with E-state index in [1.807, 2.05) is 0 Å². The van der Waals surface area contributed by atoms with Crippen LogP contribution in [0, 0.1) is 6.92 Å². The number of carbonyl (C=O) groups is 1. The van der Waals surface area contributed by atoms with Crippen LogP contribution in [0.2, 0.25) is 5.02 Å². The Balaban J connectivity index is 2.99. The molecule has 0 saturated heterocycles. The molecule has 0 aliphatic carbocycles. The van der Waals surface area contributed by atoms with Gasteiger partial charge in [-0.05, 0) is 30.2 Å². The molecule has 0 radical (unpaired) electrons. The van der Waals surface area contributed by atoms with Gasteiger partial charge in [-0.3, -0.25) is 4.79 Å². The second kappa shape index (κ2) is 4.63. The molecule has 1 aromatic carbocycles. The predicted octanol–water partition coefficient (Wildman–Crippen LogP) is 2.93. The number of hydrogen-bond donors (Lipinski definition) is 2. The Bertz CT molecular complexity index is 707. The minimum absolute atomic E-state index is 0.0525. The molecule has 0 bridgehead atoms. The Morgan fingerprint density at radius 2 is 2.11 bits per heavy atom. The summed E-state index contributed by atoms with van der Waals surface area (Å²) in [5.74, 6) is -1.34. The average molecular weight is 286 g/mol. The lowest BCUT2D eigenvalue weighted by atomic mass is 10.0. The molecule has 1 aromatic heterocycles. The number of H-pyrrole nitrogens is 1. The number of halogens is 2. The number of aromatic carboxylic acids is 1. The van der Waals surface area contributed by atoms with Gasteiger partial charge in [0.05, 0.1) is 5.52 Å². The molecular formula is C12H9Cl2NO3. The Hall–Kier alpha value is -1.52. The highest BCUT2D eigenvalue weighted by molar-refractivity contribution is 6.32. The fourth-order valence-electron chi connectivity index (χ4n) is 1.86. The van der Waals surface area contributed by atoms with Gasteiger partial charge >= 0.3 is 5.97 Å². The summed E-state index contributed by atoms with van der Waals surface area (Å²) in [5, 5.41) is 10.2. The van der Waals surface area contributed by atoms with Gasteiger partial charge in [0, 0.05) is 16.3 Å². The average Bonchev–Trinajstić information content (AvgIpc) is 2.29. The third-order valence-corrected chi connectivity index (χ3v) is 3.42. The third kappa shape index (κ3) is 1.98. The van der Waals surface area contributed by atoms with Crippen LogP contribution in [0.3, 0.4) is 0 Å². The Morgan fingerprint density at radius 3 is 2.67 bits per heavy atom. The molecule has 0 unspecified atom stereocenters. The van der Waals surface area contributed by atoms with Crippen molar-refractivity contribution in [3.05, 3.63) is 44.2 Å². The Morgan fingerprint density at radius 1 is 1.44 bits per heavy atom. The van der Waals surface area contributed by atoms with Crippen molar-refractivity contribution in [1.82, 2.24) is 4.98 Å². The summed E-state index contributed by atoms with van der Waals surface area (Å²) in [5.41, 5.74) is 0.586. The van der Waals surface area contributed by atoms with E-state index in [-0.39, 0.29) is 11.4 Å². The molecule has 0 spiro atoms. The molecule has 0 aliphatic heterocycles. The Labute approximate surface area is 112 Å². The molecule has 0 atom stereocenters. The molecule has 0 amide bonds. The first-order valence-electron chi connectivity index (χ1n) is 5.10. The number of rotatable bonds is 2. The monoisotopic (exact) mass is 285 g/mol. The quantitative estimate of drug-likeness (QED) is 0.834. The lowest BCUT2D eigenvalue weighted by molar-refractivity contribution is 0.0694. The van der Waals surface area contributed by atoms with E-state index in [1.165, 1.54) is 0 Å². The fraction of sp³-hybridized carbons (Fsp3) is 0.167. The highest BCUT2D eigenvalue weighted by Gasteiger charge is 2.18. The first kappa shape index (κ1) is 12.9. The lowest BCUT2D eigenvalue weighted by Gasteiger charge is -2.09. The predicted molar refractivity (Wildman–Crippen MR) is 70.8 cm³/mol. The van der Waals surface area contributed by atoms with E-state index in [4.69, 9.17) is 28.3 Å². The number of fused-ring (bicyclic) bond motifs is 1. The van der Waals surface area contributed by atoms with Crippen molar-refractivity contribution in [2.75, 3.05) is 0 Å². The minimum atomic E-state index is -1.29. The highest BCUT2D eigenvalue weighted by atomic mass is 35.5. The van der Waals surface area contributed by atoms with Gasteiger partial charge in [-0.2, -0.15) is 0 Å². The maximum atomic E-state index is 11.7. The number of nitrogens with one attached hydrogen (secondary N) is 1. The zero-order chi connectivity index (χ0) is 13.4. The SMILES string of the molecule is Cc1cc2c(CCl)c(C(=O)O)c(=O)[nH]c2cc1Cl. The standard InChI is InChI=1S/C12H9Cl2NO3/c1-5-2-6-7(4-13)10(12(17)18)11(16)15-9(6)3-8(5)14/h2-3H,4H2,1H3,(H,15,16)(H,17,18). The van der Waals surface area contributed by atoms with E-state index < -0.39 is 11.5 Å². The molecule has 94 valence electrons. The number of aryl methyl sites for hydroxylation is 1. The topological polar surface area (TPSA) is 70.2 Å². The minimum Gasteiger partial charge on any atom is -0.477 e. The van der Waals surface area contributed by atoms with Crippen molar-refractivity contribution in [2.45, 2.75) is 12.8 Å². The first-order chi connectivity index (χ1) is 8.45. The normalized spacial score (nSPS) is 10.8. The molecule has 0 fully saturated rings. The Kier molecular flexibility index (Phi) is 3.32. The van der Waals surface area contributed by atoms with Crippen LogP contribution < -0.4 is 5.56 Å². The number of aromatic amines is 1. The van der Waals surface area contributed by atoms with E-state index in [2.05, 4.69) is 4.98 Å². The van der Waals surface area contributed by atoms with Gasteiger partial charge in [0.15, 0.2) is 0 Å². The molecule has 18 heavy (non-hydrogen) atoms. The van der Waals surface area contributed by atoms with E-state index in [0.717, 1.165) is 5.56 Å². The molecular weight excluding hydrogens is 277 g/mol. The molecule has 6 heteroatoms. The number of benzene rings is 1. The number of aromatic nitrogens is 1. The summed E-state index contributed by atoms with van der Waals surface area (Å²) in [6, 6.07) is 3.31. The zero-order valence-electron chi connectivity index (χ0n) is 9.38. The first-order valence-corrected chi connectivity index (χ1v) is 6.01. The summed E-state index contributed by atoms with van der Waals surface area (Å²) in [4.78, 5) is 25.3.